The standard InChI is InChI=1S/C21H18N4O2/c1-24-14-18(17-6-2-3-7-19(17)24)21(27)23-22-20(26)15-8-10-16(11-9-15)25-12-4-5-13-25/h2-14H,1H3,(H,22,26)(H,23,27). The number of fused-ring (bicyclic) bond motifs is 1. The van der Waals surface area contributed by atoms with Crippen molar-refractivity contribution in [2.24, 2.45) is 7.05 Å². The summed E-state index contributed by atoms with van der Waals surface area (Å²) in [4.78, 5) is 24.8. The van der Waals surface area contributed by atoms with Gasteiger partial charge in [-0.3, -0.25) is 20.4 Å². The summed E-state index contributed by atoms with van der Waals surface area (Å²) in [5.41, 5.74) is 7.84. The van der Waals surface area contributed by atoms with E-state index in [-0.39, 0.29) is 11.8 Å². The predicted octanol–water partition coefficient (Wildman–Crippen LogP) is 3.04. The third-order valence-corrected chi connectivity index (χ3v) is 4.46. The number of rotatable bonds is 3. The molecule has 6 heteroatoms. The first kappa shape index (κ1) is 16.7. The van der Waals surface area contributed by atoms with Crippen LogP contribution in [0.25, 0.3) is 16.6 Å². The Labute approximate surface area is 156 Å². The van der Waals surface area contributed by atoms with Gasteiger partial charge in [-0.05, 0) is 42.5 Å². The first-order chi connectivity index (χ1) is 13.1. The minimum atomic E-state index is -0.373. The van der Waals surface area contributed by atoms with Crippen LogP contribution in [0.1, 0.15) is 20.7 Å². The van der Waals surface area contributed by atoms with Gasteiger partial charge in [0, 0.05) is 47.8 Å². The molecule has 0 saturated carbocycles. The third kappa shape index (κ3) is 3.20. The average molecular weight is 358 g/mol. The number of hydrazine groups is 1. The maximum atomic E-state index is 12.5. The lowest BCUT2D eigenvalue weighted by Crippen LogP contribution is -2.41. The van der Waals surface area contributed by atoms with Crippen LogP contribution in [-0.2, 0) is 7.05 Å². The molecule has 4 rings (SSSR count). The molecule has 0 aliphatic heterocycles. The number of carbonyl (C=O) groups is 2. The largest absolute Gasteiger partial charge is 0.350 e. The second-order valence-electron chi connectivity index (χ2n) is 6.22. The van der Waals surface area contributed by atoms with E-state index in [1.165, 1.54) is 0 Å². The molecule has 6 nitrogen and oxygen atoms in total. The molecule has 0 fully saturated rings. The van der Waals surface area contributed by atoms with E-state index in [0.29, 0.717) is 11.1 Å². The molecule has 2 aromatic heterocycles. The molecule has 2 heterocycles. The SMILES string of the molecule is Cn1cc(C(=O)NNC(=O)c2ccc(-n3cccc3)cc2)c2ccccc21. The fourth-order valence-corrected chi connectivity index (χ4v) is 3.07. The van der Waals surface area contributed by atoms with Crippen molar-refractivity contribution >= 4 is 22.7 Å². The molecule has 4 aromatic rings. The van der Waals surface area contributed by atoms with E-state index in [0.717, 1.165) is 16.6 Å². The minimum absolute atomic E-state index is 0.357. The number of hydrogen-bond donors (Lipinski definition) is 2. The molecule has 2 amide bonds. The molecule has 0 spiro atoms. The number of aromatic nitrogens is 2. The molecule has 2 aromatic carbocycles. The molecule has 2 N–H and O–H groups in total. The van der Waals surface area contributed by atoms with Gasteiger partial charge < -0.3 is 9.13 Å². The topological polar surface area (TPSA) is 68.1 Å². The summed E-state index contributed by atoms with van der Waals surface area (Å²) in [5, 5.41) is 0.836. The van der Waals surface area contributed by atoms with Crippen LogP contribution in [0.15, 0.2) is 79.3 Å². The van der Waals surface area contributed by atoms with Crippen molar-refractivity contribution in [3.63, 3.8) is 0 Å². The number of benzene rings is 2. The second kappa shape index (κ2) is 6.84. The van der Waals surface area contributed by atoms with Gasteiger partial charge >= 0.3 is 0 Å². The van der Waals surface area contributed by atoms with Gasteiger partial charge in [0.2, 0.25) is 0 Å². The van der Waals surface area contributed by atoms with Crippen LogP contribution >= 0.6 is 0 Å². The van der Waals surface area contributed by atoms with Gasteiger partial charge in [-0.1, -0.05) is 18.2 Å². The van der Waals surface area contributed by atoms with Crippen molar-refractivity contribution in [2.75, 3.05) is 0 Å². The zero-order chi connectivity index (χ0) is 18.8. The molecule has 0 radical (unpaired) electrons. The number of aryl methyl sites for hydroxylation is 1. The maximum absolute atomic E-state index is 12.5. The Hall–Kier alpha value is -3.80. The van der Waals surface area contributed by atoms with Gasteiger partial charge in [-0.25, -0.2) is 0 Å². The van der Waals surface area contributed by atoms with Crippen molar-refractivity contribution < 1.29 is 9.59 Å². The fourth-order valence-electron chi connectivity index (χ4n) is 3.07. The van der Waals surface area contributed by atoms with E-state index in [4.69, 9.17) is 0 Å². The van der Waals surface area contributed by atoms with Crippen molar-refractivity contribution in [3.05, 3.63) is 90.4 Å². The molecule has 27 heavy (non-hydrogen) atoms. The van der Waals surface area contributed by atoms with Crippen molar-refractivity contribution in [1.29, 1.82) is 0 Å². The van der Waals surface area contributed by atoms with Gasteiger partial charge in [-0.15, -0.1) is 0 Å². The van der Waals surface area contributed by atoms with E-state index in [2.05, 4.69) is 10.9 Å². The first-order valence-electron chi connectivity index (χ1n) is 8.51. The molecular weight excluding hydrogens is 340 g/mol. The van der Waals surface area contributed by atoms with E-state index >= 15 is 0 Å². The normalized spacial score (nSPS) is 10.7. The summed E-state index contributed by atoms with van der Waals surface area (Å²) in [6.45, 7) is 0. The van der Waals surface area contributed by atoms with E-state index < -0.39 is 0 Å². The fraction of sp³-hybridized carbons (Fsp3) is 0.0476. The van der Waals surface area contributed by atoms with Gasteiger partial charge in [0.15, 0.2) is 0 Å². The average Bonchev–Trinajstić information content (AvgIpc) is 3.35. The lowest BCUT2D eigenvalue weighted by Gasteiger charge is -2.08. The smallest absolute Gasteiger partial charge is 0.271 e. The summed E-state index contributed by atoms with van der Waals surface area (Å²) in [6.07, 6.45) is 5.61. The maximum Gasteiger partial charge on any atom is 0.271 e. The van der Waals surface area contributed by atoms with Gasteiger partial charge in [0.05, 0.1) is 5.56 Å². The Morgan fingerprint density at radius 2 is 1.48 bits per heavy atom. The molecule has 0 saturated heterocycles. The highest BCUT2D eigenvalue weighted by atomic mass is 16.2. The predicted molar refractivity (Wildman–Crippen MR) is 104 cm³/mol. The monoisotopic (exact) mass is 358 g/mol. The highest BCUT2D eigenvalue weighted by Crippen LogP contribution is 2.19. The van der Waals surface area contributed by atoms with Crippen LogP contribution < -0.4 is 10.9 Å². The molecule has 134 valence electrons. The third-order valence-electron chi connectivity index (χ3n) is 4.46. The quantitative estimate of drug-likeness (QED) is 0.553. The molecular formula is C21H18N4O2. The van der Waals surface area contributed by atoms with Gasteiger partial charge in [-0.2, -0.15) is 0 Å². The Bertz CT molecular complexity index is 1110. The molecule has 0 atom stereocenters. The highest BCUT2D eigenvalue weighted by molar-refractivity contribution is 6.08. The van der Waals surface area contributed by atoms with Gasteiger partial charge in [0.25, 0.3) is 11.8 Å². The van der Waals surface area contributed by atoms with Crippen molar-refractivity contribution in [2.45, 2.75) is 0 Å². The number of nitrogens with one attached hydrogen (secondary N) is 2. The van der Waals surface area contributed by atoms with Crippen molar-refractivity contribution in [1.82, 2.24) is 20.0 Å². The van der Waals surface area contributed by atoms with Crippen LogP contribution in [0.3, 0.4) is 0 Å². The Morgan fingerprint density at radius 1 is 0.815 bits per heavy atom. The Kier molecular flexibility index (Phi) is 4.22. The minimum Gasteiger partial charge on any atom is -0.350 e. The van der Waals surface area contributed by atoms with Gasteiger partial charge in [0.1, 0.15) is 0 Å². The zero-order valence-electron chi connectivity index (χ0n) is 14.7. The number of para-hydroxylation sites is 1. The number of carbonyl (C=O) groups excluding carboxylic acids is 2. The number of amides is 2. The summed E-state index contributed by atoms with van der Waals surface area (Å²) in [7, 11) is 1.88. The lowest BCUT2D eigenvalue weighted by atomic mass is 10.1. The van der Waals surface area contributed by atoms with E-state index in [1.807, 2.05) is 77.1 Å². The number of nitrogens with zero attached hydrogens (tertiary/aromatic N) is 2. The summed E-state index contributed by atoms with van der Waals surface area (Å²) in [6, 6.07) is 18.6. The highest BCUT2D eigenvalue weighted by Gasteiger charge is 2.14. The molecule has 0 aliphatic rings. The Morgan fingerprint density at radius 3 is 2.22 bits per heavy atom. The van der Waals surface area contributed by atoms with Crippen LogP contribution in [0.4, 0.5) is 0 Å². The Balaban J connectivity index is 1.45. The van der Waals surface area contributed by atoms with Crippen LogP contribution in [0, 0.1) is 0 Å². The first-order valence-corrected chi connectivity index (χ1v) is 8.51. The second-order valence-corrected chi connectivity index (χ2v) is 6.22. The molecule has 0 aliphatic carbocycles. The zero-order valence-corrected chi connectivity index (χ0v) is 14.7. The van der Waals surface area contributed by atoms with Crippen LogP contribution in [0.5, 0.6) is 0 Å². The summed E-state index contributed by atoms with van der Waals surface area (Å²) in [5.74, 6) is -0.730. The molecule has 0 unspecified atom stereocenters. The van der Waals surface area contributed by atoms with Crippen molar-refractivity contribution in [3.8, 4) is 5.69 Å². The van der Waals surface area contributed by atoms with Crippen LogP contribution in [-0.4, -0.2) is 20.9 Å². The lowest BCUT2D eigenvalue weighted by molar-refractivity contribution is 0.0847. The number of hydrogen-bond acceptors (Lipinski definition) is 2. The molecule has 0 bridgehead atoms. The van der Waals surface area contributed by atoms with E-state index in [1.54, 1.807) is 18.3 Å². The van der Waals surface area contributed by atoms with Crippen LogP contribution in [0.2, 0.25) is 0 Å². The summed E-state index contributed by atoms with van der Waals surface area (Å²) < 4.78 is 3.83. The summed E-state index contributed by atoms with van der Waals surface area (Å²) >= 11 is 0. The van der Waals surface area contributed by atoms with E-state index in [9.17, 15) is 9.59 Å².